The Morgan fingerprint density at radius 2 is 1.40 bits per heavy atom. The summed E-state index contributed by atoms with van der Waals surface area (Å²) in [5.41, 5.74) is 0. The van der Waals surface area contributed by atoms with Gasteiger partial charge >= 0.3 is 33.7 Å². The van der Waals surface area contributed by atoms with E-state index in [-0.39, 0.29) is 18.9 Å². The van der Waals surface area contributed by atoms with Crippen LogP contribution in [0.1, 0.15) is 0 Å². The number of rotatable bonds is 0. The van der Waals surface area contributed by atoms with Crippen LogP contribution in [0.5, 0.6) is 0 Å². The molecule has 5 heavy (non-hydrogen) atoms. The zero-order valence-corrected chi connectivity index (χ0v) is 3.23. The van der Waals surface area contributed by atoms with Crippen molar-refractivity contribution >= 4 is 18.9 Å². The zero-order valence-electron chi connectivity index (χ0n) is 1.64. The molecular weight excluding hydrogens is 135 g/mol. The maximum absolute atomic E-state index is 8.63. The topological polar surface area (TPSA) is 66.3 Å². The van der Waals surface area contributed by atoms with Gasteiger partial charge in [0.05, 0.1) is 0 Å². The van der Waals surface area contributed by atoms with Crippen molar-refractivity contribution in [2.75, 3.05) is 0 Å². The summed E-state index contributed by atoms with van der Waals surface area (Å²) in [4.78, 5) is 0. The van der Waals surface area contributed by atoms with Gasteiger partial charge in [-0.25, -0.2) is 0 Å². The van der Waals surface area contributed by atoms with Crippen LogP contribution in [-0.2, 0) is 0 Å². The summed E-state index contributed by atoms with van der Waals surface area (Å²) in [7, 11) is 0. The maximum atomic E-state index is 8.63. The van der Waals surface area contributed by atoms with Gasteiger partial charge in [0, 0.05) is 0 Å². The maximum Gasteiger partial charge on any atom is 0.433 e. The Bertz CT molecular complexity index is 11.6. The second-order valence-corrected chi connectivity index (χ2v) is 1.04. The fourth-order valence-corrected chi connectivity index (χ4v) is 0. The molecule has 0 aromatic heterocycles. The first kappa shape index (κ1) is 9.35. The van der Waals surface area contributed by atoms with Crippen LogP contribution in [0.3, 0.4) is 0 Å². The monoisotopic (exact) mass is 136 g/mol. The molecule has 0 fully saturated rings. The third-order valence-corrected chi connectivity index (χ3v) is 0. The Balaban J connectivity index is 0. The average molecular weight is 137 g/mol. The quantitative estimate of drug-likeness (QED) is 0.351. The summed E-state index contributed by atoms with van der Waals surface area (Å²) in [6.45, 7) is 0. The van der Waals surface area contributed by atoms with Crippen LogP contribution < -0.4 is 8.40 Å². The van der Waals surface area contributed by atoms with Crippen LogP contribution in [-0.4, -0.2) is 23.1 Å². The molecule has 1 N–H and O–H groups in total. The normalized spacial score (nSPS) is 7.20. The molecule has 0 saturated heterocycles. The summed E-state index contributed by atoms with van der Waals surface area (Å²) < 4.78 is 24.3. The van der Waals surface area contributed by atoms with E-state index in [1.54, 1.807) is 0 Å². The van der Waals surface area contributed by atoms with Gasteiger partial charge in [-0.05, 0) is 4.20 Å². The summed E-state index contributed by atoms with van der Waals surface area (Å²) in [5, 5.41) is 0. The van der Waals surface area contributed by atoms with E-state index in [4.69, 9.17) is 12.6 Å². The van der Waals surface area contributed by atoms with Crippen molar-refractivity contribution in [2.24, 2.45) is 0 Å². The number of halogens is 1. The predicted octanol–water partition coefficient (Wildman–Crippen LogP) is -3.58. The van der Waals surface area contributed by atoms with Crippen LogP contribution >= 0.6 is 0 Å². The second kappa shape index (κ2) is 4.96. The van der Waals surface area contributed by atoms with Gasteiger partial charge in [0.1, 0.15) is 0 Å². The molecule has 3 nitrogen and oxygen atoms in total. The van der Waals surface area contributed by atoms with E-state index in [1.165, 1.54) is 0 Å². The molecule has 0 radical (unpaired) electrons. The molecule has 28 valence electrons. The van der Waals surface area contributed by atoms with E-state index in [2.05, 4.69) is 0 Å². The van der Waals surface area contributed by atoms with Gasteiger partial charge in [0.25, 0.3) is 0 Å². The molecule has 0 heterocycles. The number of hydrogen-bond donors (Lipinski definition) is 1. The van der Waals surface area contributed by atoms with E-state index >= 15 is 0 Å². The van der Waals surface area contributed by atoms with Crippen LogP contribution in [0.2, 0.25) is 0 Å². The Labute approximate surface area is 46.6 Å². The Hall–Kier alpha value is 0.957. The molecule has 0 aromatic rings. The van der Waals surface area contributed by atoms with Crippen molar-refractivity contribution in [1.82, 2.24) is 0 Å². The van der Waals surface area contributed by atoms with E-state index in [0.717, 1.165) is 0 Å². The minimum atomic E-state index is -3.40. The van der Waals surface area contributed by atoms with Crippen LogP contribution in [0.4, 0.5) is 0 Å². The van der Waals surface area contributed by atoms with Gasteiger partial charge in [0.15, 0.2) is 0 Å². The van der Waals surface area contributed by atoms with Crippen molar-refractivity contribution < 1.29 is 27.4 Å². The smallest absolute Gasteiger partial charge is 0.372 e. The standard InChI is InChI=1S/BrHO3.Li.H/c2-1(3)4;;/h2H;;. The van der Waals surface area contributed by atoms with Crippen LogP contribution in [0, 0.1) is 14.8 Å². The van der Waals surface area contributed by atoms with Crippen molar-refractivity contribution in [1.29, 1.82) is 0 Å². The van der Waals surface area contributed by atoms with E-state index < -0.39 is 14.8 Å². The van der Waals surface area contributed by atoms with Gasteiger partial charge in [-0.3, -0.25) is 0 Å². The molecule has 0 aliphatic heterocycles. The minimum absolute atomic E-state index is 0. The molecule has 5 heteroatoms. The molecule has 0 saturated carbocycles. The first-order valence-electron chi connectivity index (χ1n) is 0.478. The third-order valence-electron chi connectivity index (χ3n) is 0. The first-order chi connectivity index (χ1) is 1.73. The summed E-state index contributed by atoms with van der Waals surface area (Å²) in [6, 6.07) is 0. The van der Waals surface area contributed by atoms with Crippen molar-refractivity contribution in [3.05, 3.63) is 0 Å². The SMILES string of the molecule is [LiH].[O-][Br+2]([O-])O. The molecular formula is H2BrLiO3. The van der Waals surface area contributed by atoms with Crippen molar-refractivity contribution in [2.45, 2.75) is 0 Å². The van der Waals surface area contributed by atoms with E-state index in [0.29, 0.717) is 0 Å². The minimum Gasteiger partial charge on any atom is -0.372 e. The van der Waals surface area contributed by atoms with Gasteiger partial charge in [-0.2, -0.15) is 0 Å². The van der Waals surface area contributed by atoms with E-state index in [1.807, 2.05) is 0 Å². The van der Waals surface area contributed by atoms with Gasteiger partial charge in [0.2, 0.25) is 0 Å². The largest absolute Gasteiger partial charge is 0.433 e. The van der Waals surface area contributed by atoms with Gasteiger partial charge < -0.3 is 8.40 Å². The summed E-state index contributed by atoms with van der Waals surface area (Å²) in [5.74, 6) is 0. The molecule has 0 unspecified atom stereocenters. The molecule has 0 amide bonds. The van der Waals surface area contributed by atoms with Gasteiger partial charge in [-0.15, -0.1) is 0 Å². The van der Waals surface area contributed by atoms with Crippen molar-refractivity contribution in [3.8, 4) is 0 Å². The molecule has 0 rings (SSSR count). The fourth-order valence-electron chi connectivity index (χ4n) is 0. The molecule has 0 atom stereocenters. The fraction of sp³-hybridized carbons (Fsp3) is 0. The first-order valence-corrected chi connectivity index (χ1v) is 2.48. The van der Waals surface area contributed by atoms with Gasteiger partial charge in [-0.1, -0.05) is 0 Å². The van der Waals surface area contributed by atoms with Crippen molar-refractivity contribution in [3.63, 3.8) is 0 Å². The average Bonchev–Trinajstić information content (AvgIpc) is 0.811. The van der Waals surface area contributed by atoms with Crippen LogP contribution in [0.25, 0.3) is 0 Å². The molecule has 0 spiro atoms. The number of hydrogen-bond acceptors (Lipinski definition) is 3. The summed E-state index contributed by atoms with van der Waals surface area (Å²) >= 11 is -3.40. The molecule has 0 aromatic carbocycles. The molecule has 0 aliphatic carbocycles. The van der Waals surface area contributed by atoms with E-state index in [9.17, 15) is 0 Å². The third kappa shape index (κ3) is 47.3. The zero-order chi connectivity index (χ0) is 3.58. The second-order valence-electron chi connectivity index (χ2n) is 0.201. The van der Waals surface area contributed by atoms with Crippen LogP contribution in [0.15, 0.2) is 0 Å². The molecule has 0 aliphatic rings. The Morgan fingerprint density at radius 1 is 1.40 bits per heavy atom. The Kier molecular flexibility index (Phi) is 9.27. The Morgan fingerprint density at radius 3 is 1.40 bits per heavy atom. The predicted molar refractivity (Wildman–Crippen MR) is 9.37 cm³/mol. The molecule has 0 bridgehead atoms. The summed E-state index contributed by atoms with van der Waals surface area (Å²) in [6.07, 6.45) is 0.